The minimum absolute atomic E-state index is 0.0661. The first-order valence-corrected chi connectivity index (χ1v) is 6.79. The molecule has 0 saturated carbocycles. The van der Waals surface area contributed by atoms with Crippen molar-refractivity contribution in [1.29, 1.82) is 0 Å². The number of nitrogens with zero attached hydrogens (tertiary/aromatic N) is 1. The number of benzene rings is 1. The first-order chi connectivity index (χ1) is 10.4. The lowest BCUT2D eigenvalue weighted by Crippen LogP contribution is -2.42. The molecule has 8 nitrogen and oxygen atoms in total. The summed E-state index contributed by atoms with van der Waals surface area (Å²) in [4.78, 5) is 26.9. The van der Waals surface area contributed by atoms with E-state index in [4.69, 9.17) is 0 Å². The number of hydrogen-bond acceptors (Lipinski definition) is 7. The third kappa shape index (κ3) is 4.45. The van der Waals surface area contributed by atoms with Gasteiger partial charge in [0.25, 0.3) is 5.91 Å². The van der Waals surface area contributed by atoms with Gasteiger partial charge in [-0.3, -0.25) is 14.6 Å². The van der Waals surface area contributed by atoms with Gasteiger partial charge in [-0.2, -0.15) is 0 Å². The summed E-state index contributed by atoms with van der Waals surface area (Å²) < 4.78 is 0. The molecule has 0 aromatic heterocycles. The SMILES string of the molecule is CC(=O)CNC(=O)c1cc(O)cc(NC2=NCC(O)CN2)c1. The number of β-amino-alcohol motifs (C(OH)–C–C–N with tert-alkyl or cyclic N) is 1. The minimum atomic E-state index is -0.525. The van der Waals surface area contributed by atoms with Gasteiger partial charge in [0.15, 0.2) is 5.96 Å². The summed E-state index contributed by atoms with van der Waals surface area (Å²) >= 11 is 0. The number of rotatable bonds is 4. The first-order valence-electron chi connectivity index (χ1n) is 6.79. The van der Waals surface area contributed by atoms with Gasteiger partial charge in [-0.1, -0.05) is 0 Å². The van der Waals surface area contributed by atoms with Gasteiger partial charge in [0, 0.05) is 23.9 Å². The monoisotopic (exact) mass is 306 g/mol. The molecule has 2 rings (SSSR count). The highest BCUT2D eigenvalue weighted by Crippen LogP contribution is 2.20. The number of amides is 1. The van der Waals surface area contributed by atoms with Gasteiger partial charge < -0.3 is 26.2 Å². The summed E-state index contributed by atoms with van der Waals surface area (Å²) in [5.74, 6) is -0.255. The number of aliphatic hydroxyl groups excluding tert-OH is 1. The van der Waals surface area contributed by atoms with Crippen molar-refractivity contribution in [3.8, 4) is 5.75 Å². The molecule has 22 heavy (non-hydrogen) atoms. The number of aliphatic imine (C=N–C) groups is 1. The summed E-state index contributed by atoms with van der Waals surface area (Å²) in [6.45, 7) is 1.96. The Morgan fingerprint density at radius 3 is 2.82 bits per heavy atom. The highest BCUT2D eigenvalue weighted by atomic mass is 16.3. The van der Waals surface area contributed by atoms with Gasteiger partial charge >= 0.3 is 0 Å². The van der Waals surface area contributed by atoms with E-state index in [-0.39, 0.29) is 30.2 Å². The van der Waals surface area contributed by atoms with Crippen LogP contribution >= 0.6 is 0 Å². The van der Waals surface area contributed by atoms with E-state index in [0.717, 1.165) is 0 Å². The number of Topliss-reactive ketones (excluding diaryl/α,β-unsaturated/α-hetero) is 1. The zero-order chi connectivity index (χ0) is 16.1. The van der Waals surface area contributed by atoms with E-state index >= 15 is 0 Å². The molecule has 8 heteroatoms. The van der Waals surface area contributed by atoms with E-state index < -0.39 is 12.0 Å². The quantitative estimate of drug-likeness (QED) is 0.508. The third-order valence-corrected chi connectivity index (χ3v) is 2.91. The molecule has 0 radical (unpaired) electrons. The molecule has 1 amide bonds. The molecule has 0 saturated heterocycles. The maximum Gasteiger partial charge on any atom is 0.251 e. The normalized spacial score (nSPS) is 17.2. The molecule has 0 fully saturated rings. The Bertz CT molecular complexity index is 615. The van der Waals surface area contributed by atoms with Gasteiger partial charge in [-0.15, -0.1) is 0 Å². The highest BCUT2D eigenvalue weighted by molar-refractivity contribution is 5.99. The number of carbonyl (C=O) groups excluding carboxylic acids is 2. The number of phenols is 1. The molecular weight excluding hydrogens is 288 g/mol. The van der Waals surface area contributed by atoms with Crippen molar-refractivity contribution in [2.45, 2.75) is 13.0 Å². The van der Waals surface area contributed by atoms with Crippen molar-refractivity contribution in [3.63, 3.8) is 0 Å². The van der Waals surface area contributed by atoms with Gasteiger partial charge in [-0.25, -0.2) is 0 Å². The molecule has 0 bridgehead atoms. The number of phenolic OH excluding ortho intramolecular Hbond substituents is 1. The maximum atomic E-state index is 11.9. The highest BCUT2D eigenvalue weighted by Gasteiger charge is 2.13. The maximum absolute atomic E-state index is 11.9. The van der Waals surface area contributed by atoms with Crippen molar-refractivity contribution in [3.05, 3.63) is 23.8 Å². The van der Waals surface area contributed by atoms with Gasteiger partial charge in [0.1, 0.15) is 11.5 Å². The molecule has 1 heterocycles. The average molecular weight is 306 g/mol. The number of carbonyl (C=O) groups is 2. The van der Waals surface area contributed by atoms with Crippen LogP contribution in [0.4, 0.5) is 5.69 Å². The molecule has 1 aromatic rings. The molecule has 118 valence electrons. The molecule has 5 N–H and O–H groups in total. The lowest BCUT2D eigenvalue weighted by Gasteiger charge is -2.20. The predicted molar refractivity (Wildman–Crippen MR) is 81.1 cm³/mol. The van der Waals surface area contributed by atoms with Crippen LogP contribution in [0.5, 0.6) is 5.75 Å². The molecule has 0 spiro atoms. The lowest BCUT2D eigenvalue weighted by molar-refractivity contribution is -0.116. The average Bonchev–Trinajstić information content (AvgIpc) is 2.46. The zero-order valence-corrected chi connectivity index (χ0v) is 12.1. The Morgan fingerprint density at radius 1 is 1.41 bits per heavy atom. The fraction of sp³-hybridized carbons (Fsp3) is 0.357. The molecular formula is C14H18N4O4. The van der Waals surface area contributed by atoms with Crippen LogP contribution in [0, 0.1) is 0 Å². The van der Waals surface area contributed by atoms with Crippen molar-refractivity contribution in [2.24, 2.45) is 4.99 Å². The number of hydrogen-bond donors (Lipinski definition) is 5. The number of aliphatic hydroxyl groups is 1. The lowest BCUT2D eigenvalue weighted by atomic mass is 10.1. The molecule has 1 aliphatic rings. The molecule has 1 aromatic carbocycles. The van der Waals surface area contributed by atoms with Crippen molar-refractivity contribution < 1.29 is 19.8 Å². The van der Waals surface area contributed by atoms with Gasteiger partial charge in [0.05, 0.1) is 19.2 Å². The van der Waals surface area contributed by atoms with E-state index in [1.165, 1.54) is 25.1 Å². The van der Waals surface area contributed by atoms with Crippen molar-refractivity contribution >= 4 is 23.3 Å². The van der Waals surface area contributed by atoms with Crippen LogP contribution in [0.1, 0.15) is 17.3 Å². The van der Waals surface area contributed by atoms with Crippen molar-refractivity contribution in [2.75, 3.05) is 25.0 Å². The minimum Gasteiger partial charge on any atom is -0.508 e. The van der Waals surface area contributed by atoms with E-state index in [1.807, 2.05) is 0 Å². The number of guanidine groups is 1. The predicted octanol–water partition coefficient (Wildman–Crippen LogP) is -0.557. The second-order valence-electron chi connectivity index (χ2n) is 5.00. The molecule has 0 aliphatic carbocycles. The van der Waals surface area contributed by atoms with E-state index in [2.05, 4.69) is 20.9 Å². The van der Waals surface area contributed by atoms with Crippen LogP contribution in [-0.4, -0.2) is 53.6 Å². The third-order valence-electron chi connectivity index (χ3n) is 2.91. The van der Waals surface area contributed by atoms with E-state index in [9.17, 15) is 19.8 Å². The van der Waals surface area contributed by atoms with E-state index in [0.29, 0.717) is 18.2 Å². The van der Waals surface area contributed by atoms with Crippen LogP contribution in [0.2, 0.25) is 0 Å². The van der Waals surface area contributed by atoms with Gasteiger partial charge in [0.2, 0.25) is 0 Å². The van der Waals surface area contributed by atoms with Gasteiger partial charge in [-0.05, 0) is 19.1 Å². The Morgan fingerprint density at radius 2 is 2.18 bits per heavy atom. The summed E-state index contributed by atoms with van der Waals surface area (Å²) in [6.07, 6.45) is -0.525. The summed E-state index contributed by atoms with van der Waals surface area (Å²) in [7, 11) is 0. The second-order valence-corrected chi connectivity index (χ2v) is 5.00. The number of nitrogens with one attached hydrogen (secondary N) is 3. The first kappa shape index (κ1) is 15.8. The molecule has 1 unspecified atom stereocenters. The smallest absolute Gasteiger partial charge is 0.251 e. The van der Waals surface area contributed by atoms with Crippen LogP contribution in [-0.2, 0) is 4.79 Å². The summed E-state index contributed by atoms with van der Waals surface area (Å²) in [5.41, 5.74) is 0.691. The zero-order valence-electron chi connectivity index (χ0n) is 12.1. The van der Waals surface area contributed by atoms with Crippen LogP contribution in [0.15, 0.2) is 23.2 Å². The Hall–Kier alpha value is -2.61. The molecule has 1 aliphatic heterocycles. The Labute approximate surface area is 127 Å². The molecule has 1 atom stereocenters. The Kier molecular flexibility index (Phi) is 4.95. The van der Waals surface area contributed by atoms with Crippen LogP contribution < -0.4 is 16.0 Å². The fourth-order valence-electron chi connectivity index (χ4n) is 1.87. The van der Waals surface area contributed by atoms with Crippen LogP contribution in [0.3, 0.4) is 0 Å². The number of anilines is 1. The van der Waals surface area contributed by atoms with E-state index in [1.54, 1.807) is 0 Å². The second kappa shape index (κ2) is 6.90. The van der Waals surface area contributed by atoms with Crippen molar-refractivity contribution in [1.82, 2.24) is 10.6 Å². The summed E-state index contributed by atoms with van der Waals surface area (Å²) in [5, 5.41) is 27.3. The fourth-order valence-corrected chi connectivity index (χ4v) is 1.87. The number of ketones is 1. The topological polar surface area (TPSA) is 123 Å². The summed E-state index contributed by atoms with van der Waals surface area (Å²) in [6, 6.07) is 4.28. The number of aromatic hydroxyl groups is 1. The van der Waals surface area contributed by atoms with Crippen LogP contribution in [0.25, 0.3) is 0 Å². The Balaban J connectivity index is 2.09. The standard InChI is InChI=1S/C14H18N4O4/c1-8(19)5-15-13(22)9-2-10(4-11(20)3-9)18-14-16-6-12(21)7-17-14/h2-4,12,20-21H,5-7H2,1H3,(H,15,22)(H2,16,17,18). The largest absolute Gasteiger partial charge is 0.508 e.